The molecule has 0 aliphatic rings. The average molecular weight is 340 g/mol. The highest BCUT2D eigenvalue weighted by Gasteiger charge is 2.20. The third-order valence-corrected chi connectivity index (χ3v) is 3.35. The van der Waals surface area contributed by atoms with Gasteiger partial charge in [0.2, 0.25) is 0 Å². The van der Waals surface area contributed by atoms with Gasteiger partial charge in [0.15, 0.2) is 0 Å². The lowest BCUT2D eigenvalue weighted by Crippen LogP contribution is -2.01. The summed E-state index contributed by atoms with van der Waals surface area (Å²) in [4.78, 5) is 3.86. The quantitative estimate of drug-likeness (QED) is 0.786. The van der Waals surface area contributed by atoms with Gasteiger partial charge in [-0.2, -0.15) is 5.26 Å². The van der Waals surface area contributed by atoms with Gasteiger partial charge in [-0.1, -0.05) is 15.9 Å². The third-order valence-electron chi connectivity index (χ3n) is 1.81. The molecule has 15 heavy (non-hydrogen) atoms. The van der Waals surface area contributed by atoms with Crippen molar-refractivity contribution >= 4 is 31.9 Å². The van der Waals surface area contributed by atoms with Crippen LogP contribution in [-0.4, -0.2) is 4.98 Å². The van der Waals surface area contributed by atoms with E-state index < -0.39 is 6.43 Å². The van der Waals surface area contributed by atoms with Crippen LogP contribution in [0.5, 0.6) is 0 Å². The fraction of sp³-hybridized carbons (Fsp3) is 0.333. The molecule has 0 N–H and O–H groups in total. The summed E-state index contributed by atoms with van der Waals surface area (Å²) in [6.07, 6.45) is -1.26. The predicted octanol–water partition coefficient (Wildman–Crippen LogP) is 3.74. The first-order chi connectivity index (χ1) is 7.11. The molecule has 0 fully saturated rings. The molecule has 0 saturated heterocycles. The number of alkyl halides is 3. The molecule has 0 bridgehead atoms. The standard InChI is InChI=1S/C9H6Br2F2N2/c10-3-5-4-15-6(1-2-14)7(8(5)11)9(12)13/h4,9H,1,3H2. The van der Waals surface area contributed by atoms with Gasteiger partial charge in [-0.05, 0) is 21.5 Å². The fourth-order valence-corrected chi connectivity index (χ4v) is 2.56. The number of nitrogens with zero attached hydrogens (tertiary/aromatic N) is 2. The zero-order valence-electron chi connectivity index (χ0n) is 7.48. The second kappa shape index (κ2) is 5.52. The van der Waals surface area contributed by atoms with E-state index in [0.29, 0.717) is 15.4 Å². The van der Waals surface area contributed by atoms with Crippen molar-refractivity contribution in [3.8, 4) is 6.07 Å². The number of pyridine rings is 1. The molecule has 1 aromatic heterocycles. The topological polar surface area (TPSA) is 36.7 Å². The van der Waals surface area contributed by atoms with E-state index in [2.05, 4.69) is 36.8 Å². The van der Waals surface area contributed by atoms with E-state index in [-0.39, 0.29) is 17.7 Å². The monoisotopic (exact) mass is 338 g/mol. The largest absolute Gasteiger partial charge is 0.266 e. The second-order valence-corrected chi connectivity index (χ2v) is 4.08. The third kappa shape index (κ3) is 2.73. The summed E-state index contributed by atoms with van der Waals surface area (Å²) < 4.78 is 25.8. The molecule has 0 aliphatic heterocycles. The van der Waals surface area contributed by atoms with Crippen molar-refractivity contribution in [1.82, 2.24) is 4.98 Å². The van der Waals surface area contributed by atoms with Crippen LogP contribution in [0.2, 0.25) is 0 Å². The van der Waals surface area contributed by atoms with Gasteiger partial charge in [-0.3, -0.25) is 4.98 Å². The van der Waals surface area contributed by atoms with Crippen molar-refractivity contribution in [3.63, 3.8) is 0 Å². The Balaban J connectivity index is 3.32. The predicted molar refractivity (Wildman–Crippen MR) is 58.8 cm³/mol. The molecule has 0 amide bonds. The Morgan fingerprint density at radius 3 is 2.67 bits per heavy atom. The molecule has 80 valence electrons. The average Bonchev–Trinajstić information content (AvgIpc) is 2.18. The smallest absolute Gasteiger partial charge is 0.259 e. The van der Waals surface area contributed by atoms with Crippen LogP contribution >= 0.6 is 31.9 Å². The molecule has 0 radical (unpaired) electrons. The van der Waals surface area contributed by atoms with E-state index in [0.717, 1.165) is 0 Å². The first-order valence-electron chi connectivity index (χ1n) is 3.99. The Morgan fingerprint density at radius 2 is 2.20 bits per heavy atom. The van der Waals surface area contributed by atoms with Gasteiger partial charge in [0.25, 0.3) is 6.43 Å². The maximum atomic E-state index is 12.7. The SMILES string of the molecule is N#CCc1ncc(CBr)c(Br)c1C(F)F. The zero-order valence-corrected chi connectivity index (χ0v) is 10.6. The van der Waals surface area contributed by atoms with E-state index in [4.69, 9.17) is 5.26 Å². The zero-order chi connectivity index (χ0) is 11.4. The van der Waals surface area contributed by atoms with Crippen LogP contribution in [0, 0.1) is 11.3 Å². The number of halogens is 4. The summed E-state index contributed by atoms with van der Waals surface area (Å²) >= 11 is 6.28. The van der Waals surface area contributed by atoms with Gasteiger partial charge in [0, 0.05) is 16.0 Å². The number of hydrogen-bond acceptors (Lipinski definition) is 2. The normalized spacial score (nSPS) is 10.4. The molecule has 0 aliphatic carbocycles. The maximum absolute atomic E-state index is 12.7. The van der Waals surface area contributed by atoms with Gasteiger partial charge < -0.3 is 0 Å². The maximum Gasteiger partial charge on any atom is 0.266 e. The minimum absolute atomic E-state index is 0.110. The molecule has 6 heteroatoms. The van der Waals surface area contributed by atoms with Gasteiger partial charge >= 0.3 is 0 Å². The Bertz CT molecular complexity index is 402. The van der Waals surface area contributed by atoms with E-state index >= 15 is 0 Å². The number of hydrogen-bond donors (Lipinski definition) is 0. The summed E-state index contributed by atoms with van der Waals surface area (Å²) in [5.74, 6) is 0. The first-order valence-corrected chi connectivity index (χ1v) is 5.90. The number of rotatable bonds is 3. The van der Waals surface area contributed by atoms with Crippen LogP contribution < -0.4 is 0 Å². The minimum atomic E-state index is -2.63. The Labute approximate surface area is 103 Å². The Kier molecular flexibility index (Phi) is 4.61. The van der Waals surface area contributed by atoms with Gasteiger partial charge in [0.05, 0.1) is 23.7 Å². The Morgan fingerprint density at radius 1 is 1.53 bits per heavy atom. The van der Waals surface area contributed by atoms with E-state index in [9.17, 15) is 8.78 Å². The molecular weight excluding hydrogens is 334 g/mol. The van der Waals surface area contributed by atoms with Crippen molar-refractivity contribution in [2.24, 2.45) is 0 Å². The number of aromatic nitrogens is 1. The van der Waals surface area contributed by atoms with E-state index in [1.54, 1.807) is 0 Å². The van der Waals surface area contributed by atoms with Crippen LogP contribution in [-0.2, 0) is 11.8 Å². The van der Waals surface area contributed by atoms with Crippen LogP contribution in [0.3, 0.4) is 0 Å². The fourth-order valence-electron chi connectivity index (χ4n) is 1.11. The molecule has 1 aromatic rings. The van der Waals surface area contributed by atoms with Gasteiger partial charge in [-0.15, -0.1) is 0 Å². The lowest BCUT2D eigenvalue weighted by molar-refractivity contribution is 0.149. The molecule has 2 nitrogen and oxygen atoms in total. The van der Waals surface area contributed by atoms with Crippen molar-refractivity contribution < 1.29 is 8.78 Å². The van der Waals surface area contributed by atoms with Crippen molar-refractivity contribution in [1.29, 1.82) is 5.26 Å². The molecule has 0 atom stereocenters. The summed E-state index contributed by atoms with van der Waals surface area (Å²) in [6.45, 7) is 0. The first kappa shape index (κ1) is 12.5. The van der Waals surface area contributed by atoms with Crippen molar-refractivity contribution in [2.75, 3.05) is 0 Å². The molecule has 1 rings (SSSR count). The summed E-state index contributed by atoms with van der Waals surface area (Å²) in [6, 6.07) is 1.82. The van der Waals surface area contributed by atoms with Crippen LogP contribution in [0.4, 0.5) is 8.78 Å². The molecule has 0 aromatic carbocycles. The summed E-state index contributed by atoms with van der Waals surface area (Å²) in [7, 11) is 0. The van der Waals surface area contributed by atoms with Crippen LogP contribution in [0.25, 0.3) is 0 Å². The molecular formula is C9H6Br2F2N2. The van der Waals surface area contributed by atoms with E-state index in [1.165, 1.54) is 6.20 Å². The van der Waals surface area contributed by atoms with Gasteiger partial charge in [-0.25, -0.2) is 8.78 Å². The molecule has 0 saturated carbocycles. The molecule has 1 heterocycles. The highest BCUT2D eigenvalue weighted by Crippen LogP contribution is 2.33. The summed E-state index contributed by atoms with van der Waals surface area (Å²) in [5.41, 5.74) is 0.588. The molecule has 0 spiro atoms. The highest BCUT2D eigenvalue weighted by molar-refractivity contribution is 9.10. The van der Waals surface area contributed by atoms with Crippen molar-refractivity contribution in [3.05, 3.63) is 27.5 Å². The van der Waals surface area contributed by atoms with Crippen molar-refractivity contribution in [2.45, 2.75) is 18.2 Å². The minimum Gasteiger partial charge on any atom is -0.259 e. The van der Waals surface area contributed by atoms with Crippen LogP contribution in [0.1, 0.15) is 23.2 Å². The summed E-state index contributed by atoms with van der Waals surface area (Å²) in [5, 5.41) is 8.92. The highest BCUT2D eigenvalue weighted by atomic mass is 79.9. The second-order valence-electron chi connectivity index (χ2n) is 2.73. The lowest BCUT2D eigenvalue weighted by Gasteiger charge is -2.10. The lowest BCUT2D eigenvalue weighted by atomic mass is 10.1. The van der Waals surface area contributed by atoms with Gasteiger partial charge in [0.1, 0.15) is 0 Å². The molecule has 0 unspecified atom stereocenters. The Hall–Kier alpha value is -0.540. The van der Waals surface area contributed by atoms with E-state index in [1.807, 2.05) is 6.07 Å². The number of nitriles is 1. The van der Waals surface area contributed by atoms with Crippen LogP contribution in [0.15, 0.2) is 10.7 Å².